The van der Waals surface area contributed by atoms with Crippen LogP contribution in [0.5, 0.6) is 0 Å². The summed E-state index contributed by atoms with van der Waals surface area (Å²) in [7, 11) is -3.55. The van der Waals surface area contributed by atoms with Gasteiger partial charge in [-0.1, -0.05) is 12.8 Å². The van der Waals surface area contributed by atoms with Crippen molar-refractivity contribution >= 4 is 21.9 Å². The number of benzene rings is 1. The molecule has 0 radical (unpaired) electrons. The van der Waals surface area contributed by atoms with E-state index in [9.17, 15) is 18.0 Å². The molecule has 2 aliphatic rings. The van der Waals surface area contributed by atoms with Crippen LogP contribution >= 0.6 is 0 Å². The second kappa shape index (κ2) is 7.36. The molecule has 0 heterocycles. The molecule has 2 fully saturated rings. The molecule has 2 saturated carbocycles. The Morgan fingerprint density at radius 1 is 1.15 bits per heavy atom. The molecule has 0 unspecified atom stereocenters. The van der Waals surface area contributed by atoms with Gasteiger partial charge in [-0.25, -0.2) is 17.9 Å². The normalized spacial score (nSPS) is 19.1. The van der Waals surface area contributed by atoms with Gasteiger partial charge in [-0.2, -0.15) is 0 Å². The summed E-state index contributed by atoms with van der Waals surface area (Å²) in [6.07, 6.45) is 4.52. The molecule has 0 bridgehead atoms. The van der Waals surface area contributed by atoms with Gasteiger partial charge in [0.1, 0.15) is 5.54 Å². The average Bonchev–Trinajstić information content (AvgIpc) is 3.28. The quantitative estimate of drug-likeness (QED) is 0.702. The van der Waals surface area contributed by atoms with Gasteiger partial charge in [0.25, 0.3) is 5.91 Å². The number of rotatable bonds is 7. The van der Waals surface area contributed by atoms with E-state index >= 15 is 0 Å². The van der Waals surface area contributed by atoms with Crippen LogP contribution in [0.2, 0.25) is 0 Å². The van der Waals surface area contributed by atoms with Crippen molar-refractivity contribution < 1.29 is 22.7 Å². The number of sulfonamides is 1. The maximum absolute atomic E-state index is 12.6. The third-order valence-electron chi connectivity index (χ3n) is 4.80. The number of hydrogen-bond acceptors (Lipinski definition) is 5. The van der Waals surface area contributed by atoms with Crippen LogP contribution in [0.3, 0.4) is 0 Å². The van der Waals surface area contributed by atoms with Gasteiger partial charge in [0, 0.05) is 11.6 Å². The van der Waals surface area contributed by atoms with Gasteiger partial charge in [0.2, 0.25) is 10.0 Å². The van der Waals surface area contributed by atoms with Crippen molar-refractivity contribution in [2.45, 2.75) is 61.9 Å². The zero-order valence-electron chi connectivity index (χ0n) is 14.8. The zero-order chi connectivity index (χ0) is 18.8. The number of carbonyl (C=O) groups is 2. The first kappa shape index (κ1) is 18.8. The van der Waals surface area contributed by atoms with Crippen molar-refractivity contribution in [1.29, 1.82) is 0 Å². The van der Waals surface area contributed by atoms with Gasteiger partial charge in [0.15, 0.2) is 0 Å². The third-order valence-corrected chi connectivity index (χ3v) is 6.34. The minimum absolute atomic E-state index is 0.0229. The van der Waals surface area contributed by atoms with Gasteiger partial charge in [0.05, 0.1) is 11.5 Å². The fourth-order valence-corrected chi connectivity index (χ4v) is 4.50. The lowest BCUT2D eigenvalue weighted by Crippen LogP contribution is -2.53. The minimum Gasteiger partial charge on any atom is -0.464 e. The van der Waals surface area contributed by atoms with Crippen molar-refractivity contribution in [1.82, 2.24) is 10.0 Å². The fraction of sp³-hybridized carbons (Fsp3) is 0.556. The molecule has 1 aromatic rings. The Kier molecular flexibility index (Phi) is 5.34. The number of amides is 1. The molecule has 26 heavy (non-hydrogen) atoms. The highest BCUT2D eigenvalue weighted by atomic mass is 32.2. The molecule has 1 amide bonds. The molecule has 3 rings (SSSR count). The van der Waals surface area contributed by atoms with Crippen LogP contribution in [0.15, 0.2) is 29.2 Å². The lowest BCUT2D eigenvalue weighted by Gasteiger charge is -2.27. The van der Waals surface area contributed by atoms with Crippen LogP contribution in [0, 0.1) is 0 Å². The Morgan fingerprint density at radius 3 is 2.31 bits per heavy atom. The van der Waals surface area contributed by atoms with E-state index in [2.05, 4.69) is 10.0 Å². The van der Waals surface area contributed by atoms with E-state index in [0.717, 1.165) is 25.7 Å². The largest absolute Gasteiger partial charge is 0.464 e. The molecule has 7 nitrogen and oxygen atoms in total. The number of ether oxygens (including phenoxy) is 1. The molecular weight excluding hydrogens is 356 g/mol. The molecule has 2 aliphatic carbocycles. The van der Waals surface area contributed by atoms with Gasteiger partial charge in [-0.3, -0.25) is 4.79 Å². The van der Waals surface area contributed by atoms with Crippen LogP contribution in [0.4, 0.5) is 0 Å². The standard InChI is InChI=1S/C18H24N2O5S/c1-2-25-17(22)18(11-3-4-12-18)19-16(21)13-5-9-15(10-6-13)26(23,24)20-14-7-8-14/h5-6,9-10,14,20H,2-4,7-8,11-12H2,1H3,(H,19,21). The molecular formula is C18H24N2O5S. The van der Waals surface area contributed by atoms with E-state index in [4.69, 9.17) is 4.74 Å². The molecule has 0 saturated heterocycles. The lowest BCUT2D eigenvalue weighted by molar-refractivity contribution is -0.150. The first-order valence-corrected chi connectivity index (χ1v) is 10.5. The second-order valence-corrected chi connectivity index (χ2v) is 8.60. The van der Waals surface area contributed by atoms with Gasteiger partial charge < -0.3 is 10.1 Å². The summed E-state index contributed by atoms with van der Waals surface area (Å²) in [5, 5.41) is 2.82. The minimum atomic E-state index is -3.55. The second-order valence-electron chi connectivity index (χ2n) is 6.88. The molecule has 8 heteroatoms. The zero-order valence-corrected chi connectivity index (χ0v) is 15.6. The van der Waals surface area contributed by atoms with E-state index in [0.29, 0.717) is 18.4 Å². The van der Waals surface area contributed by atoms with Gasteiger partial charge in [-0.15, -0.1) is 0 Å². The van der Waals surface area contributed by atoms with Crippen molar-refractivity contribution in [3.8, 4) is 0 Å². The molecule has 0 aliphatic heterocycles. The Morgan fingerprint density at radius 2 is 1.77 bits per heavy atom. The number of carbonyl (C=O) groups excluding carboxylic acids is 2. The molecule has 1 aromatic carbocycles. The summed E-state index contributed by atoms with van der Waals surface area (Å²) in [6.45, 7) is 1.99. The Balaban J connectivity index is 1.72. The van der Waals surface area contributed by atoms with Crippen molar-refractivity contribution in [3.63, 3.8) is 0 Å². The van der Waals surface area contributed by atoms with Crippen LogP contribution in [0.25, 0.3) is 0 Å². The molecule has 0 atom stereocenters. The highest BCUT2D eigenvalue weighted by Crippen LogP contribution is 2.31. The maximum Gasteiger partial charge on any atom is 0.331 e. The number of nitrogens with one attached hydrogen (secondary N) is 2. The SMILES string of the molecule is CCOC(=O)C1(NC(=O)c2ccc(S(=O)(=O)NC3CC3)cc2)CCCC1. The molecule has 0 aromatic heterocycles. The number of hydrogen-bond donors (Lipinski definition) is 2. The summed E-state index contributed by atoms with van der Waals surface area (Å²) < 4.78 is 32.1. The smallest absolute Gasteiger partial charge is 0.331 e. The predicted octanol–water partition coefficient (Wildman–Crippen LogP) is 1.73. The third kappa shape index (κ3) is 4.07. The van der Waals surface area contributed by atoms with E-state index in [1.807, 2.05) is 0 Å². The summed E-state index contributed by atoms with van der Waals surface area (Å²) in [4.78, 5) is 25.0. The van der Waals surface area contributed by atoms with Crippen LogP contribution < -0.4 is 10.0 Å². The summed E-state index contributed by atoms with van der Waals surface area (Å²) in [5.41, 5.74) is -0.670. The van der Waals surface area contributed by atoms with Crippen LogP contribution in [-0.4, -0.2) is 38.5 Å². The van der Waals surface area contributed by atoms with E-state index in [1.54, 1.807) is 6.92 Å². The highest BCUT2D eigenvalue weighted by molar-refractivity contribution is 7.89. The average molecular weight is 380 g/mol. The monoisotopic (exact) mass is 380 g/mol. The Bertz CT molecular complexity index is 778. The first-order chi connectivity index (χ1) is 12.4. The Hall–Kier alpha value is -1.93. The first-order valence-electron chi connectivity index (χ1n) is 8.98. The van der Waals surface area contributed by atoms with E-state index in [-0.39, 0.29) is 17.5 Å². The van der Waals surface area contributed by atoms with E-state index in [1.165, 1.54) is 24.3 Å². The summed E-state index contributed by atoms with van der Waals surface area (Å²) in [5.74, 6) is -0.808. The highest BCUT2D eigenvalue weighted by Gasteiger charge is 2.44. The summed E-state index contributed by atoms with van der Waals surface area (Å²) >= 11 is 0. The topological polar surface area (TPSA) is 102 Å². The molecule has 0 spiro atoms. The lowest BCUT2D eigenvalue weighted by atomic mass is 9.97. The van der Waals surface area contributed by atoms with Gasteiger partial charge in [-0.05, 0) is 56.9 Å². The Labute approximate surface area is 153 Å². The maximum atomic E-state index is 12.6. The van der Waals surface area contributed by atoms with Crippen molar-refractivity contribution in [3.05, 3.63) is 29.8 Å². The van der Waals surface area contributed by atoms with Crippen molar-refractivity contribution in [2.75, 3.05) is 6.61 Å². The number of esters is 1. The predicted molar refractivity (Wildman–Crippen MR) is 95.1 cm³/mol. The van der Waals surface area contributed by atoms with Crippen LogP contribution in [-0.2, 0) is 19.6 Å². The summed E-state index contributed by atoms with van der Waals surface area (Å²) in [6, 6.07) is 5.76. The van der Waals surface area contributed by atoms with Crippen LogP contribution in [0.1, 0.15) is 55.8 Å². The molecule has 142 valence electrons. The molecule has 2 N–H and O–H groups in total. The van der Waals surface area contributed by atoms with Gasteiger partial charge >= 0.3 is 5.97 Å². The fourth-order valence-electron chi connectivity index (χ4n) is 3.19. The van der Waals surface area contributed by atoms with E-state index < -0.39 is 27.4 Å². The van der Waals surface area contributed by atoms with Crippen molar-refractivity contribution in [2.24, 2.45) is 0 Å².